The fourth-order valence-electron chi connectivity index (χ4n) is 4.34. The molecule has 3 aliphatic rings. The molecule has 110 valence electrons. The van der Waals surface area contributed by atoms with E-state index >= 15 is 0 Å². The van der Waals surface area contributed by atoms with Gasteiger partial charge in [-0.05, 0) is 56.3 Å². The van der Waals surface area contributed by atoms with Gasteiger partial charge in [0.1, 0.15) is 5.82 Å². The Balaban J connectivity index is 1.56. The number of aromatic amines is 1. The molecule has 1 saturated carbocycles. The molecule has 3 unspecified atom stereocenters. The Morgan fingerprint density at radius 2 is 2.23 bits per heavy atom. The van der Waals surface area contributed by atoms with E-state index in [1.807, 2.05) is 6.07 Å². The summed E-state index contributed by atoms with van der Waals surface area (Å²) in [5, 5.41) is 0. The van der Waals surface area contributed by atoms with E-state index in [0.717, 1.165) is 41.9 Å². The van der Waals surface area contributed by atoms with E-state index in [1.54, 1.807) is 0 Å². The standard InChI is InChI=1S/C19H19N3/c1-3-11-4-6-14-12(8-11)5-7-15-18(14)21-19(20-15)17-10-13-9-16(13)22(17)2/h1,4,6,8,13,16-17H,5,7,9-10H2,2H3,(H,20,21). The summed E-state index contributed by atoms with van der Waals surface area (Å²) >= 11 is 0. The monoisotopic (exact) mass is 289 g/mol. The molecule has 0 radical (unpaired) electrons. The fourth-order valence-corrected chi connectivity index (χ4v) is 4.34. The number of aromatic nitrogens is 2. The van der Waals surface area contributed by atoms with Crippen LogP contribution in [0.2, 0.25) is 0 Å². The smallest absolute Gasteiger partial charge is 0.124 e. The Hall–Kier alpha value is -2.05. The number of nitrogens with one attached hydrogen (secondary N) is 1. The third-order valence-corrected chi connectivity index (χ3v) is 5.71. The van der Waals surface area contributed by atoms with Crippen LogP contribution in [0.1, 0.15) is 41.5 Å². The molecule has 2 fully saturated rings. The Kier molecular flexibility index (Phi) is 2.41. The molecular weight excluding hydrogens is 270 g/mol. The molecule has 3 heteroatoms. The Bertz CT molecular complexity index is 811. The topological polar surface area (TPSA) is 31.9 Å². The molecule has 0 bridgehead atoms. The van der Waals surface area contributed by atoms with Gasteiger partial charge in [-0.3, -0.25) is 4.90 Å². The van der Waals surface area contributed by atoms with Gasteiger partial charge in [0.05, 0.1) is 11.7 Å². The van der Waals surface area contributed by atoms with Crippen molar-refractivity contribution in [2.75, 3.05) is 7.05 Å². The summed E-state index contributed by atoms with van der Waals surface area (Å²) in [6.45, 7) is 0. The minimum atomic E-state index is 0.475. The highest BCUT2D eigenvalue weighted by molar-refractivity contribution is 5.70. The van der Waals surface area contributed by atoms with Crippen LogP contribution in [-0.4, -0.2) is 28.0 Å². The van der Waals surface area contributed by atoms with E-state index in [9.17, 15) is 0 Å². The Labute approximate surface area is 130 Å². The first-order valence-corrected chi connectivity index (χ1v) is 8.15. The lowest BCUT2D eigenvalue weighted by Crippen LogP contribution is -2.22. The van der Waals surface area contributed by atoms with Gasteiger partial charge >= 0.3 is 0 Å². The highest BCUT2D eigenvalue weighted by Crippen LogP contribution is 2.52. The van der Waals surface area contributed by atoms with Gasteiger partial charge in [-0.15, -0.1) is 6.42 Å². The van der Waals surface area contributed by atoms with Gasteiger partial charge in [0.25, 0.3) is 0 Å². The number of fused-ring (bicyclic) bond motifs is 4. The van der Waals surface area contributed by atoms with Crippen LogP contribution in [-0.2, 0) is 12.8 Å². The number of rotatable bonds is 1. The summed E-state index contributed by atoms with van der Waals surface area (Å²) in [6.07, 6.45) is 10.2. The summed E-state index contributed by atoms with van der Waals surface area (Å²) in [5.74, 6) is 4.80. The zero-order chi connectivity index (χ0) is 14.8. The largest absolute Gasteiger partial charge is 0.344 e. The van der Waals surface area contributed by atoms with Crippen molar-refractivity contribution >= 4 is 0 Å². The van der Waals surface area contributed by atoms with Gasteiger partial charge in [-0.25, -0.2) is 4.98 Å². The summed E-state index contributed by atoms with van der Waals surface area (Å²) in [4.78, 5) is 11.1. The van der Waals surface area contributed by atoms with Gasteiger partial charge in [0.2, 0.25) is 0 Å². The average molecular weight is 289 g/mol. The van der Waals surface area contributed by atoms with Crippen molar-refractivity contribution in [2.45, 2.75) is 37.8 Å². The van der Waals surface area contributed by atoms with Crippen LogP contribution >= 0.6 is 0 Å². The van der Waals surface area contributed by atoms with Crippen LogP contribution in [0.5, 0.6) is 0 Å². The van der Waals surface area contributed by atoms with Crippen LogP contribution in [0, 0.1) is 18.3 Å². The number of nitrogens with zero attached hydrogens (tertiary/aromatic N) is 2. The number of hydrogen-bond donors (Lipinski definition) is 1. The van der Waals surface area contributed by atoms with Crippen molar-refractivity contribution in [3.63, 3.8) is 0 Å². The number of piperidine rings is 1. The van der Waals surface area contributed by atoms with Gasteiger partial charge < -0.3 is 4.98 Å². The maximum Gasteiger partial charge on any atom is 0.124 e. The Morgan fingerprint density at radius 3 is 3.00 bits per heavy atom. The summed E-state index contributed by atoms with van der Waals surface area (Å²) < 4.78 is 0. The average Bonchev–Trinajstić information content (AvgIpc) is 3.06. The molecule has 1 aromatic carbocycles. The van der Waals surface area contributed by atoms with E-state index in [2.05, 4.69) is 35.0 Å². The predicted molar refractivity (Wildman–Crippen MR) is 86.4 cm³/mol. The van der Waals surface area contributed by atoms with Crippen LogP contribution in [0.15, 0.2) is 18.2 Å². The lowest BCUT2D eigenvalue weighted by atomic mass is 9.91. The molecule has 3 nitrogen and oxygen atoms in total. The fraction of sp³-hybridized carbons (Fsp3) is 0.421. The number of imidazole rings is 1. The molecule has 2 aromatic rings. The van der Waals surface area contributed by atoms with Crippen molar-refractivity contribution < 1.29 is 0 Å². The van der Waals surface area contributed by atoms with Gasteiger partial charge in [0, 0.05) is 22.9 Å². The van der Waals surface area contributed by atoms with Gasteiger partial charge in [-0.2, -0.15) is 0 Å². The van der Waals surface area contributed by atoms with Crippen molar-refractivity contribution in [1.29, 1.82) is 0 Å². The number of likely N-dealkylation sites (tertiary alicyclic amines) is 1. The molecule has 1 N–H and O–H groups in total. The zero-order valence-electron chi connectivity index (χ0n) is 12.8. The molecule has 0 amide bonds. The highest BCUT2D eigenvalue weighted by atomic mass is 15.3. The van der Waals surface area contributed by atoms with Crippen LogP contribution in [0.4, 0.5) is 0 Å². The van der Waals surface area contributed by atoms with E-state index in [1.165, 1.54) is 29.7 Å². The first-order chi connectivity index (χ1) is 10.7. The van der Waals surface area contributed by atoms with Crippen LogP contribution in [0.3, 0.4) is 0 Å². The molecular formula is C19H19N3. The molecule has 0 spiro atoms. The molecule has 2 heterocycles. The van der Waals surface area contributed by atoms with Crippen molar-refractivity contribution in [1.82, 2.24) is 14.9 Å². The van der Waals surface area contributed by atoms with E-state index in [0.29, 0.717) is 6.04 Å². The molecule has 2 aliphatic carbocycles. The maximum atomic E-state index is 5.52. The summed E-state index contributed by atoms with van der Waals surface area (Å²) in [7, 11) is 2.25. The van der Waals surface area contributed by atoms with Crippen molar-refractivity contribution in [3.05, 3.63) is 40.8 Å². The van der Waals surface area contributed by atoms with Crippen LogP contribution in [0.25, 0.3) is 11.3 Å². The second kappa shape index (κ2) is 4.24. The minimum Gasteiger partial charge on any atom is -0.344 e. The second-order valence-corrected chi connectivity index (χ2v) is 6.95. The molecule has 5 rings (SSSR count). The first kappa shape index (κ1) is 12.5. The third kappa shape index (κ3) is 1.65. The van der Waals surface area contributed by atoms with Crippen molar-refractivity contribution in [3.8, 4) is 23.6 Å². The second-order valence-electron chi connectivity index (χ2n) is 6.95. The normalized spacial score (nSPS) is 28.6. The first-order valence-electron chi connectivity index (χ1n) is 8.15. The molecule has 3 atom stereocenters. The number of terminal acetylenes is 1. The quantitative estimate of drug-likeness (QED) is 0.819. The number of benzene rings is 1. The zero-order valence-corrected chi connectivity index (χ0v) is 12.8. The van der Waals surface area contributed by atoms with E-state index in [-0.39, 0.29) is 0 Å². The maximum absolute atomic E-state index is 5.52. The van der Waals surface area contributed by atoms with E-state index in [4.69, 9.17) is 11.4 Å². The van der Waals surface area contributed by atoms with E-state index < -0.39 is 0 Å². The summed E-state index contributed by atoms with van der Waals surface area (Å²) in [6, 6.07) is 7.59. The number of H-pyrrole nitrogens is 1. The Morgan fingerprint density at radius 1 is 1.32 bits per heavy atom. The molecule has 1 aliphatic heterocycles. The lowest BCUT2D eigenvalue weighted by molar-refractivity contribution is 0.264. The molecule has 22 heavy (non-hydrogen) atoms. The third-order valence-electron chi connectivity index (χ3n) is 5.71. The number of aryl methyl sites for hydroxylation is 2. The summed E-state index contributed by atoms with van der Waals surface area (Å²) in [5.41, 5.74) is 6.00. The lowest BCUT2D eigenvalue weighted by Gasteiger charge is -2.20. The SMILES string of the molecule is C#Cc1ccc2c(c1)CCc1[nH]c(C3CC4CC4N3C)nc1-2. The predicted octanol–water partition coefficient (Wildman–Crippen LogP) is 2.92. The van der Waals surface area contributed by atoms with Gasteiger partial charge in [-0.1, -0.05) is 12.0 Å². The highest BCUT2D eigenvalue weighted by Gasteiger charge is 2.51. The minimum absolute atomic E-state index is 0.475. The molecule has 1 saturated heterocycles. The number of hydrogen-bond acceptors (Lipinski definition) is 2. The molecule has 1 aromatic heterocycles. The van der Waals surface area contributed by atoms with Crippen molar-refractivity contribution in [2.24, 2.45) is 5.92 Å². The van der Waals surface area contributed by atoms with Gasteiger partial charge in [0.15, 0.2) is 0 Å². The van der Waals surface area contributed by atoms with Crippen LogP contribution < -0.4 is 0 Å².